The van der Waals surface area contributed by atoms with Gasteiger partial charge >= 0.3 is 5.69 Å². The summed E-state index contributed by atoms with van der Waals surface area (Å²) in [6.45, 7) is 2.12. The van der Waals surface area contributed by atoms with Crippen molar-refractivity contribution < 1.29 is 4.42 Å². The lowest BCUT2D eigenvalue weighted by Gasteiger charge is -2.18. The Kier molecular flexibility index (Phi) is 3.89. The monoisotopic (exact) mass is 341 g/mol. The molecule has 0 aromatic carbocycles. The number of hydrogen-bond acceptors (Lipinski definition) is 6. The maximum Gasteiger partial charge on any atom is 0.329 e. The molecule has 2 N–H and O–H groups in total. The highest BCUT2D eigenvalue weighted by molar-refractivity contribution is 5.73. The van der Waals surface area contributed by atoms with E-state index in [0.717, 1.165) is 35.2 Å². The topological polar surface area (TPSA) is 96.2 Å². The van der Waals surface area contributed by atoms with Crippen molar-refractivity contribution in [3.8, 4) is 0 Å². The average Bonchev–Trinajstić information content (AvgIpc) is 3.23. The molecule has 1 atom stereocenters. The van der Waals surface area contributed by atoms with Crippen LogP contribution in [0.15, 0.2) is 44.5 Å². The minimum absolute atomic E-state index is 0.258. The summed E-state index contributed by atoms with van der Waals surface area (Å²) in [6.07, 6.45) is 2.64. The van der Waals surface area contributed by atoms with Gasteiger partial charge in [0.15, 0.2) is 0 Å². The van der Waals surface area contributed by atoms with Crippen LogP contribution in [0.4, 0.5) is 5.82 Å². The van der Waals surface area contributed by atoms with Crippen LogP contribution in [0, 0.1) is 0 Å². The number of aromatic nitrogens is 3. The van der Waals surface area contributed by atoms with Gasteiger partial charge in [0.2, 0.25) is 5.71 Å². The number of anilines is 1. The molecule has 0 amide bonds. The second-order valence-electron chi connectivity index (χ2n) is 6.28. The van der Waals surface area contributed by atoms with Gasteiger partial charge in [-0.1, -0.05) is 0 Å². The smallest absolute Gasteiger partial charge is 0.329 e. The first kappa shape index (κ1) is 15.6. The van der Waals surface area contributed by atoms with Gasteiger partial charge in [-0.2, -0.15) is 0 Å². The predicted octanol–water partition coefficient (Wildman–Crippen LogP) is 0.583. The maximum absolute atomic E-state index is 11.8. The Morgan fingerprint density at radius 2 is 2.28 bits per heavy atom. The molecule has 8 nitrogen and oxygen atoms in total. The number of pyridine rings is 1. The van der Waals surface area contributed by atoms with Gasteiger partial charge in [-0.05, 0) is 24.6 Å². The van der Waals surface area contributed by atoms with E-state index in [1.54, 1.807) is 6.20 Å². The van der Waals surface area contributed by atoms with Gasteiger partial charge in [0.1, 0.15) is 11.6 Å². The Hall–Kier alpha value is -2.87. The van der Waals surface area contributed by atoms with E-state index in [0.29, 0.717) is 18.1 Å². The van der Waals surface area contributed by atoms with E-state index in [4.69, 9.17) is 4.42 Å². The molecule has 3 aromatic heterocycles. The third kappa shape index (κ3) is 3.08. The van der Waals surface area contributed by atoms with E-state index in [2.05, 4.69) is 15.3 Å². The average molecular weight is 341 g/mol. The Morgan fingerprint density at radius 1 is 1.40 bits per heavy atom. The molecule has 130 valence electrons. The summed E-state index contributed by atoms with van der Waals surface area (Å²) in [5, 5.41) is 4.45. The number of nitrogens with zero attached hydrogens (tertiary/aromatic N) is 3. The fraction of sp³-hybridized carbons (Fsp3) is 0.353. The largest absolute Gasteiger partial charge is 0.441 e. The standard InChI is InChI=1S/C17H19N5O3/c1-21-15(23)8-14(20-17(21)24)22-6-4-12(10-22)19-9-13-7-11-3-2-5-18-16(11)25-13/h2-3,5,7-8,12,19H,4,6,9-10H2,1H3,(H,20,24)/t12-/m1/s1. The van der Waals surface area contributed by atoms with Crippen molar-refractivity contribution in [3.05, 3.63) is 57.1 Å². The van der Waals surface area contributed by atoms with Gasteiger partial charge in [0.05, 0.1) is 6.54 Å². The number of fused-ring (bicyclic) bond motifs is 1. The Labute approximate surface area is 143 Å². The molecule has 0 bridgehead atoms. The number of furan rings is 1. The lowest BCUT2D eigenvalue weighted by Crippen LogP contribution is -2.36. The molecule has 1 aliphatic rings. The van der Waals surface area contributed by atoms with Crippen molar-refractivity contribution in [2.24, 2.45) is 7.05 Å². The number of rotatable bonds is 4. The van der Waals surface area contributed by atoms with Crippen molar-refractivity contribution in [1.82, 2.24) is 19.9 Å². The maximum atomic E-state index is 11.8. The fourth-order valence-electron chi connectivity index (χ4n) is 3.12. The quantitative estimate of drug-likeness (QED) is 0.721. The van der Waals surface area contributed by atoms with Crippen molar-refractivity contribution >= 4 is 16.9 Å². The second kappa shape index (κ2) is 6.21. The van der Waals surface area contributed by atoms with Crippen LogP contribution in [0.25, 0.3) is 11.1 Å². The number of H-pyrrole nitrogens is 1. The van der Waals surface area contributed by atoms with Gasteiger partial charge in [0, 0.05) is 43.8 Å². The van der Waals surface area contributed by atoms with Gasteiger partial charge in [-0.25, -0.2) is 9.78 Å². The van der Waals surface area contributed by atoms with Crippen LogP contribution in [-0.2, 0) is 13.6 Å². The first-order chi connectivity index (χ1) is 12.1. The van der Waals surface area contributed by atoms with E-state index in [1.807, 2.05) is 23.1 Å². The predicted molar refractivity (Wildman–Crippen MR) is 93.8 cm³/mol. The van der Waals surface area contributed by atoms with E-state index >= 15 is 0 Å². The molecule has 0 unspecified atom stereocenters. The third-order valence-corrected chi connectivity index (χ3v) is 4.57. The molecule has 25 heavy (non-hydrogen) atoms. The van der Waals surface area contributed by atoms with Gasteiger partial charge in [-0.15, -0.1) is 0 Å². The number of nitrogens with one attached hydrogen (secondary N) is 2. The SMILES string of the molecule is Cn1c(=O)cc(N2CC[C@@H](NCc3cc4cccnc4o3)C2)[nH]c1=O. The first-order valence-corrected chi connectivity index (χ1v) is 8.22. The van der Waals surface area contributed by atoms with Crippen LogP contribution in [-0.4, -0.2) is 33.7 Å². The van der Waals surface area contributed by atoms with Crippen LogP contribution < -0.4 is 21.5 Å². The van der Waals surface area contributed by atoms with Crippen molar-refractivity contribution in [3.63, 3.8) is 0 Å². The molecule has 3 aromatic rings. The van der Waals surface area contributed by atoms with E-state index < -0.39 is 5.69 Å². The highest BCUT2D eigenvalue weighted by Crippen LogP contribution is 2.18. The van der Waals surface area contributed by atoms with Gasteiger partial charge < -0.3 is 14.6 Å². The summed E-state index contributed by atoms with van der Waals surface area (Å²) in [5.74, 6) is 1.42. The summed E-state index contributed by atoms with van der Waals surface area (Å²) in [7, 11) is 1.46. The van der Waals surface area contributed by atoms with Crippen LogP contribution in [0.5, 0.6) is 0 Å². The second-order valence-corrected chi connectivity index (χ2v) is 6.28. The molecule has 1 saturated heterocycles. The molecule has 0 spiro atoms. The van der Waals surface area contributed by atoms with Crippen molar-refractivity contribution in [2.75, 3.05) is 18.0 Å². The molecule has 0 radical (unpaired) electrons. The summed E-state index contributed by atoms with van der Waals surface area (Å²) in [4.78, 5) is 32.5. The zero-order chi connectivity index (χ0) is 17.4. The van der Waals surface area contributed by atoms with Crippen molar-refractivity contribution in [1.29, 1.82) is 0 Å². The highest BCUT2D eigenvalue weighted by atomic mass is 16.3. The summed E-state index contributed by atoms with van der Waals surface area (Å²) in [6, 6.07) is 7.57. The molecule has 0 aliphatic carbocycles. The molecule has 0 saturated carbocycles. The Balaban J connectivity index is 1.41. The molecule has 8 heteroatoms. The van der Waals surface area contributed by atoms with E-state index in [-0.39, 0.29) is 11.6 Å². The molecule has 4 rings (SSSR count). The fourth-order valence-corrected chi connectivity index (χ4v) is 3.12. The van der Waals surface area contributed by atoms with Crippen LogP contribution >= 0.6 is 0 Å². The minimum atomic E-state index is -0.395. The van der Waals surface area contributed by atoms with Gasteiger partial charge in [0.25, 0.3) is 5.56 Å². The van der Waals surface area contributed by atoms with Crippen LogP contribution in [0.3, 0.4) is 0 Å². The van der Waals surface area contributed by atoms with E-state index in [9.17, 15) is 9.59 Å². The normalized spacial score (nSPS) is 17.5. The molecule has 1 aliphatic heterocycles. The Bertz CT molecular complexity index is 955. The summed E-state index contributed by atoms with van der Waals surface area (Å²) >= 11 is 0. The lowest BCUT2D eigenvalue weighted by atomic mass is 10.2. The number of hydrogen-bond donors (Lipinski definition) is 2. The highest BCUT2D eigenvalue weighted by Gasteiger charge is 2.23. The minimum Gasteiger partial charge on any atom is -0.441 e. The molecule has 1 fully saturated rings. The third-order valence-electron chi connectivity index (χ3n) is 4.57. The molecular weight excluding hydrogens is 322 g/mol. The molecular formula is C17H19N5O3. The molecule has 4 heterocycles. The Morgan fingerprint density at radius 3 is 3.08 bits per heavy atom. The summed E-state index contributed by atoms with van der Waals surface area (Å²) in [5.41, 5.74) is -0.0522. The van der Waals surface area contributed by atoms with Crippen LogP contribution in [0.2, 0.25) is 0 Å². The number of aromatic amines is 1. The zero-order valence-corrected chi connectivity index (χ0v) is 13.9. The first-order valence-electron chi connectivity index (χ1n) is 8.22. The summed E-state index contributed by atoms with van der Waals surface area (Å²) < 4.78 is 6.77. The van der Waals surface area contributed by atoms with Crippen molar-refractivity contribution in [2.45, 2.75) is 19.0 Å². The van der Waals surface area contributed by atoms with Crippen LogP contribution in [0.1, 0.15) is 12.2 Å². The van der Waals surface area contributed by atoms with E-state index in [1.165, 1.54) is 13.1 Å². The van der Waals surface area contributed by atoms with Gasteiger partial charge in [-0.3, -0.25) is 14.3 Å². The zero-order valence-electron chi connectivity index (χ0n) is 13.9. The lowest BCUT2D eigenvalue weighted by molar-refractivity contribution is 0.471.